The van der Waals surface area contributed by atoms with Gasteiger partial charge in [-0.05, 0) is 26.2 Å². The zero-order valence-corrected chi connectivity index (χ0v) is 13.2. The number of nitro benzene ring substituents is 1. The molecule has 5 nitrogen and oxygen atoms in total. The second-order valence-corrected chi connectivity index (χ2v) is 6.27. The van der Waals surface area contributed by atoms with E-state index in [2.05, 4.69) is 5.16 Å². The van der Waals surface area contributed by atoms with Gasteiger partial charge in [0.1, 0.15) is 6.10 Å². The lowest BCUT2D eigenvalue weighted by molar-refractivity contribution is -0.390. The molecule has 1 heterocycles. The largest absolute Gasteiger partial charge is 0.392 e. The minimum Gasteiger partial charge on any atom is -0.392 e. The van der Waals surface area contributed by atoms with Gasteiger partial charge in [-0.2, -0.15) is 8.78 Å². The summed E-state index contributed by atoms with van der Waals surface area (Å²) < 4.78 is 42.7. The molecule has 2 aliphatic rings. The van der Waals surface area contributed by atoms with Crippen LogP contribution in [0.1, 0.15) is 49.7 Å². The van der Waals surface area contributed by atoms with Crippen molar-refractivity contribution in [3.8, 4) is 0 Å². The molecule has 0 radical (unpaired) electrons. The summed E-state index contributed by atoms with van der Waals surface area (Å²) in [5.41, 5.74) is -1.97. The van der Waals surface area contributed by atoms with Crippen molar-refractivity contribution in [3.05, 3.63) is 38.7 Å². The highest BCUT2D eigenvalue weighted by atomic mass is 19.2. The molecule has 0 bridgehead atoms. The lowest BCUT2D eigenvalue weighted by atomic mass is 9.82. The maximum atomic E-state index is 14.5. The second kappa shape index (κ2) is 6.41. The van der Waals surface area contributed by atoms with Crippen molar-refractivity contribution >= 4 is 11.4 Å². The average Bonchev–Trinajstić information content (AvgIpc) is 2.87. The molecule has 1 aliphatic carbocycles. The maximum Gasteiger partial charge on any atom is 0.343 e. The maximum absolute atomic E-state index is 14.5. The molecular weight excluding hydrogens is 325 g/mol. The first-order chi connectivity index (χ1) is 11.4. The molecule has 0 saturated heterocycles. The predicted octanol–water partition coefficient (Wildman–Crippen LogP) is 4.39. The third-order valence-electron chi connectivity index (χ3n) is 4.81. The molecule has 0 amide bonds. The zero-order chi connectivity index (χ0) is 17.4. The van der Waals surface area contributed by atoms with Crippen LogP contribution in [0.5, 0.6) is 0 Å². The second-order valence-electron chi connectivity index (χ2n) is 6.27. The Morgan fingerprint density at radius 1 is 1.08 bits per heavy atom. The number of nitro groups is 1. The third-order valence-corrected chi connectivity index (χ3v) is 4.81. The fourth-order valence-corrected chi connectivity index (χ4v) is 3.54. The van der Waals surface area contributed by atoms with Crippen LogP contribution in [-0.2, 0) is 4.84 Å². The van der Waals surface area contributed by atoms with E-state index < -0.39 is 28.1 Å². The lowest BCUT2D eigenvalue weighted by Crippen LogP contribution is -2.27. The number of rotatable bonds is 2. The average molecular weight is 342 g/mol. The highest BCUT2D eigenvalue weighted by molar-refractivity contribution is 6.04. The van der Waals surface area contributed by atoms with Gasteiger partial charge >= 0.3 is 5.69 Å². The molecule has 0 spiro atoms. The van der Waals surface area contributed by atoms with E-state index in [4.69, 9.17) is 4.84 Å². The Kier molecular flexibility index (Phi) is 4.47. The predicted molar refractivity (Wildman–Crippen MR) is 80.3 cm³/mol. The Bertz CT molecular complexity index is 692. The quantitative estimate of drug-likeness (QED) is 0.455. The van der Waals surface area contributed by atoms with Crippen molar-refractivity contribution < 1.29 is 22.9 Å². The molecule has 130 valence electrons. The highest BCUT2D eigenvalue weighted by Crippen LogP contribution is 2.37. The van der Waals surface area contributed by atoms with Gasteiger partial charge in [0.2, 0.25) is 11.6 Å². The summed E-state index contributed by atoms with van der Waals surface area (Å²) in [5.74, 6) is -4.86. The topological polar surface area (TPSA) is 64.7 Å². The van der Waals surface area contributed by atoms with E-state index in [9.17, 15) is 23.3 Å². The molecule has 1 aromatic rings. The number of hydrogen-bond donors (Lipinski definition) is 0. The summed E-state index contributed by atoms with van der Waals surface area (Å²) in [6.45, 7) is 1.19. The van der Waals surface area contributed by atoms with Crippen LogP contribution in [0.4, 0.5) is 18.9 Å². The van der Waals surface area contributed by atoms with E-state index in [-0.39, 0.29) is 28.9 Å². The van der Waals surface area contributed by atoms with E-state index in [0.717, 1.165) is 32.1 Å². The Morgan fingerprint density at radius 3 is 2.42 bits per heavy atom. The number of nitrogens with zero attached hydrogens (tertiary/aromatic N) is 2. The molecule has 1 saturated carbocycles. The van der Waals surface area contributed by atoms with Gasteiger partial charge in [-0.3, -0.25) is 10.1 Å². The van der Waals surface area contributed by atoms with Crippen molar-refractivity contribution in [2.75, 3.05) is 0 Å². The van der Waals surface area contributed by atoms with Gasteiger partial charge < -0.3 is 4.84 Å². The first-order valence-corrected chi connectivity index (χ1v) is 7.99. The molecule has 0 aromatic heterocycles. The van der Waals surface area contributed by atoms with Gasteiger partial charge in [-0.15, -0.1) is 0 Å². The monoisotopic (exact) mass is 342 g/mol. The van der Waals surface area contributed by atoms with Gasteiger partial charge in [-0.1, -0.05) is 24.4 Å². The van der Waals surface area contributed by atoms with E-state index in [1.165, 1.54) is 6.92 Å². The summed E-state index contributed by atoms with van der Waals surface area (Å²) in [7, 11) is 0. The summed E-state index contributed by atoms with van der Waals surface area (Å²) in [6, 6.07) is 0. The Labute approximate surface area is 136 Å². The number of fused-ring (bicyclic) bond motifs is 1. The van der Waals surface area contributed by atoms with Crippen molar-refractivity contribution in [2.24, 2.45) is 11.1 Å². The van der Waals surface area contributed by atoms with Gasteiger partial charge in [0, 0.05) is 17.0 Å². The SMILES string of the molecule is Cc1c(F)c([N+](=O)[O-])c(F)c(F)c1C1=NOC2CCCCCCC12. The first-order valence-electron chi connectivity index (χ1n) is 7.99. The van der Waals surface area contributed by atoms with Gasteiger partial charge in [0.25, 0.3) is 0 Å². The molecule has 0 N–H and O–H groups in total. The third kappa shape index (κ3) is 2.63. The Morgan fingerprint density at radius 2 is 1.75 bits per heavy atom. The van der Waals surface area contributed by atoms with Gasteiger partial charge in [0.15, 0.2) is 5.82 Å². The van der Waals surface area contributed by atoms with Crippen LogP contribution in [-0.4, -0.2) is 16.7 Å². The van der Waals surface area contributed by atoms with Crippen LogP contribution in [0.2, 0.25) is 0 Å². The number of oxime groups is 1. The fourth-order valence-electron chi connectivity index (χ4n) is 3.54. The van der Waals surface area contributed by atoms with Gasteiger partial charge in [0.05, 0.1) is 10.6 Å². The van der Waals surface area contributed by atoms with E-state index in [1.807, 2.05) is 0 Å². The van der Waals surface area contributed by atoms with Crippen LogP contribution < -0.4 is 0 Å². The lowest BCUT2D eigenvalue weighted by Gasteiger charge is -2.22. The standard InChI is InChI=1S/C16H17F3N2O3/c1-8-11(13(18)14(19)16(12(8)17)21(22)23)15-9-6-4-2-3-5-7-10(9)24-20-15/h9-10H,2-7H2,1H3. The van der Waals surface area contributed by atoms with Gasteiger partial charge in [-0.25, -0.2) is 4.39 Å². The minimum atomic E-state index is -1.80. The summed E-state index contributed by atoms with van der Waals surface area (Å²) >= 11 is 0. The van der Waals surface area contributed by atoms with E-state index >= 15 is 0 Å². The normalized spacial score (nSPS) is 23.8. The Balaban J connectivity index is 2.08. The van der Waals surface area contributed by atoms with Crippen LogP contribution in [0.15, 0.2) is 5.16 Å². The smallest absolute Gasteiger partial charge is 0.343 e. The van der Waals surface area contributed by atoms with E-state index in [0.29, 0.717) is 6.42 Å². The molecular formula is C16H17F3N2O3. The molecule has 1 aliphatic heterocycles. The van der Waals surface area contributed by atoms with Crippen LogP contribution in [0.3, 0.4) is 0 Å². The number of hydrogen-bond acceptors (Lipinski definition) is 4. The summed E-state index contributed by atoms with van der Waals surface area (Å²) in [5, 5.41) is 14.7. The van der Waals surface area contributed by atoms with Crippen molar-refractivity contribution in [1.29, 1.82) is 0 Å². The molecule has 2 atom stereocenters. The molecule has 24 heavy (non-hydrogen) atoms. The van der Waals surface area contributed by atoms with Crippen molar-refractivity contribution in [1.82, 2.24) is 0 Å². The Hall–Kier alpha value is -2.12. The van der Waals surface area contributed by atoms with Crippen LogP contribution >= 0.6 is 0 Å². The number of halogens is 3. The first kappa shape index (κ1) is 16.7. The van der Waals surface area contributed by atoms with Crippen LogP contribution in [0, 0.1) is 40.4 Å². The van der Waals surface area contributed by atoms with Crippen LogP contribution in [0.25, 0.3) is 0 Å². The minimum absolute atomic E-state index is 0.157. The number of benzene rings is 1. The van der Waals surface area contributed by atoms with E-state index in [1.54, 1.807) is 0 Å². The fraction of sp³-hybridized carbons (Fsp3) is 0.562. The summed E-state index contributed by atoms with van der Waals surface area (Å²) in [6.07, 6.45) is 5.15. The molecule has 3 rings (SSSR count). The molecule has 1 aromatic carbocycles. The molecule has 2 unspecified atom stereocenters. The van der Waals surface area contributed by atoms with Crippen molar-refractivity contribution in [3.63, 3.8) is 0 Å². The zero-order valence-electron chi connectivity index (χ0n) is 13.2. The summed E-state index contributed by atoms with van der Waals surface area (Å²) in [4.78, 5) is 14.9. The van der Waals surface area contributed by atoms with Crippen molar-refractivity contribution in [2.45, 2.75) is 51.6 Å². The molecule has 1 fully saturated rings. The molecule has 8 heteroatoms. The highest BCUT2D eigenvalue weighted by Gasteiger charge is 2.40.